The van der Waals surface area contributed by atoms with E-state index in [1.165, 1.54) is 0 Å². The van der Waals surface area contributed by atoms with Gasteiger partial charge in [-0.2, -0.15) is 0 Å². The molecule has 3 aromatic rings. The number of hydrogen-bond donors (Lipinski definition) is 2. The summed E-state index contributed by atoms with van der Waals surface area (Å²) in [6.07, 6.45) is 11.4. The van der Waals surface area contributed by atoms with Gasteiger partial charge >= 0.3 is 0 Å². The molecule has 1 amide bonds. The highest BCUT2D eigenvalue weighted by molar-refractivity contribution is 7.90. The van der Waals surface area contributed by atoms with Crippen LogP contribution in [-0.2, 0) is 28.7 Å². The number of aryl methyl sites for hydroxylation is 1. The minimum atomic E-state index is -4.01. The monoisotopic (exact) mass is 677 g/mol. The van der Waals surface area contributed by atoms with Crippen molar-refractivity contribution in [2.45, 2.75) is 75.4 Å². The van der Waals surface area contributed by atoms with E-state index in [1.54, 1.807) is 49.7 Å². The number of aliphatic hydroxyl groups is 1. The van der Waals surface area contributed by atoms with Crippen LogP contribution in [0.15, 0.2) is 67.0 Å². The molecule has 47 heavy (non-hydrogen) atoms. The van der Waals surface area contributed by atoms with E-state index in [2.05, 4.69) is 14.6 Å². The summed E-state index contributed by atoms with van der Waals surface area (Å²) in [7, 11) is -4.01. The maximum Gasteiger partial charge on any atom is 0.264 e. The minimum Gasteiger partial charge on any atom is -0.487 e. The first-order chi connectivity index (χ1) is 22.5. The van der Waals surface area contributed by atoms with Gasteiger partial charge < -0.3 is 19.5 Å². The SMILES string of the molecule is C[C@@H]1[C@@H](C)C/C=C/[C@@]2(O)c3cnccc3O[C@@]3(CC[C@H]32)CN2CCCCc3cc(Cl)ccc3COc3ccc(cc32)C(=O)NS1(=O)=O. The van der Waals surface area contributed by atoms with Gasteiger partial charge in [-0.15, -0.1) is 0 Å². The fourth-order valence-electron chi connectivity index (χ4n) is 7.58. The van der Waals surface area contributed by atoms with E-state index < -0.39 is 32.4 Å². The number of hydrogen-bond acceptors (Lipinski definition) is 8. The Morgan fingerprint density at radius 1 is 1.09 bits per heavy atom. The molecule has 4 aliphatic rings. The van der Waals surface area contributed by atoms with E-state index in [0.717, 1.165) is 43.2 Å². The molecule has 0 radical (unpaired) electrons. The molecule has 2 aromatic carbocycles. The third-order valence-corrected chi connectivity index (χ3v) is 12.8. The molecule has 7 rings (SSSR count). The number of allylic oxidation sites excluding steroid dienone is 1. The molecule has 1 saturated carbocycles. The quantitative estimate of drug-likeness (QED) is 0.281. The van der Waals surface area contributed by atoms with Gasteiger partial charge in [-0.05, 0) is 98.9 Å². The lowest BCUT2D eigenvalue weighted by Crippen LogP contribution is -2.67. The third-order valence-electron chi connectivity index (χ3n) is 10.6. The summed E-state index contributed by atoms with van der Waals surface area (Å²) in [6, 6.07) is 12.7. The standard InChI is InChI=1S/C36H40ClN3O6S/c1-23-6-5-14-36(42)29-20-38-16-13-31(29)46-35(15-12-33(35)36)22-40-17-4-3-7-25-18-28(37)10-8-27(25)21-45-32-11-9-26(19-30(32)40)34(41)39-47(43,44)24(23)2/h5,8-11,13-14,16,18-20,23-24,33,42H,3-4,6-7,12,15,17,21-22H2,1-2H3,(H,39,41)/b14-5+/t23-,24+,33+,35-,36+/m0/s1. The van der Waals surface area contributed by atoms with Crippen LogP contribution in [0.3, 0.4) is 0 Å². The number of nitrogens with one attached hydrogen (secondary N) is 1. The average molecular weight is 678 g/mol. The zero-order valence-corrected chi connectivity index (χ0v) is 28.2. The van der Waals surface area contributed by atoms with Crippen LogP contribution >= 0.6 is 11.6 Å². The maximum atomic E-state index is 13.5. The summed E-state index contributed by atoms with van der Waals surface area (Å²) >= 11 is 6.36. The zero-order chi connectivity index (χ0) is 33.0. The van der Waals surface area contributed by atoms with Crippen LogP contribution in [0.25, 0.3) is 0 Å². The number of nitrogens with zero attached hydrogens (tertiary/aromatic N) is 2. The number of aromatic nitrogens is 1. The molecule has 11 heteroatoms. The lowest BCUT2D eigenvalue weighted by Gasteiger charge is -2.59. The Hall–Kier alpha value is -3.60. The van der Waals surface area contributed by atoms with Crippen molar-refractivity contribution in [2.75, 3.05) is 18.0 Å². The summed E-state index contributed by atoms with van der Waals surface area (Å²) in [4.78, 5) is 20.0. The maximum absolute atomic E-state index is 13.5. The molecule has 5 atom stereocenters. The van der Waals surface area contributed by atoms with Crippen molar-refractivity contribution in [1.29, 1.82) is 0 Å². The van der Waals surface area contributed by atoms with Gasteiger partial charge in [-0.1, -0.05) is 36.7 Å². The van der Waals surface area contributed by atoms with Gasteiger partial charge in [0.2, 0.25) is 10.0 Å². The van der Waals surface area contributed by atoms with Gasteiger partial charge in [0.1, 0.15) is 29.3 Å². The molecule has 4 heterocycles. The predicted octanol–water partition coefficient (Wildman–Crippen LogP) is 5.93. The second-order valence-electron chi connectivity index (χ2n) is 13.5. The molecule has 1 fully saturated rings. The number of anilines is 1. The van der Waals surface area contributed by atoms with Crippen molar-refractivity contribution >= 4 is 33.2 Å². The Morgan fingerprint density at radius 3 is 2.74 bits per heavy atom. The number of rotatable bonds is 0. The number of pyridine rings is 1. The van der Waals surface area contributed by atoms with Gasteiger partial charge in [-0.25, -0.2) is 13.1 Å². The second-order valence-corrected chi connectivity index (χ2v) is 16.0. The Kier molecular flexibility index (Phi) is 8.25. The van der Waals surface area contributed by atoms with E-state index in [9.17, 15) is 18.3 Å². The molecule has 1 aliphatic carbocycles. The summed E-state index contributed by atoms with van der Waals surface area (Å²) in [5, 5.41) is 12.3. The fourth-order valence-corrected chi connectivity index (χ4v) is 9.06. The van der Waals surface area contributed by atoms with Crippen LogP contribution in [0.2, 0.25) is 5.02 Å². The number of carbonyl (C=O) groups excluding carboxylic acids is 1. The Balaban J connectivity index is 1.36. The van der Waals surface area contributed by atoms with E-state index in [0.29, 0.717) is 53.9 Å². The molecular formula is C36H40ClN3O6S. The molecule has 1 aromatic heterocycles. The van der Waals surface area contributed by atoms with Crippen molar-refractivity contribution in [3.8, 4) is 11.5 Å². The lowest BCUT2D eigenvalue weighted by atomic mass is 9.57. The Morgan fingerprint density at radius 2 is 1.94 bits per heavy atom. The molecule has 0 unspecified atom stereocenters. The third kappa shape index (κ3) is 5.78. The topological polar surface area (TPSA) is 118 Å². The summed E-state index contributed by atoms with van der Waals surface area (Å²) < 4.78 is 42.4. The van der Waals surface area contributed by atoms with Crippen LogP contribution in [0, 0.1) is 11.8 Å². The van der Waals surface area contributed by atoms with E-state index in [1.807, 2.05) is 31.2 Å². The molecule has 3 aliphatic heterocycles. The van der Waals surface area contributed by atoms with Crippen molar-refractivity contribution < 1.29 is 27.8 Å². The summed E-state index contributed by atoms with van der Waals surface area (Å²) in [5.41, 5.74) is 1.59. The van der Waals surface area contributed by atoms with Gasteiger partial charge in [-0.3, -0.25) is 9.78 Å². The van der Waals surface area contributed by atoms with Gasteiger partial charge in [0.15, 0.2) is 0 Å². The van der Waals surface area contributed by atoms with E-state index in [-0.39, 0.29) is 17.4 Å². The predicted molar refractivity (Wildman–Crippen MR) is 180 cm³/mol. The van der Waals surface area contributed by atoms with Crippen molar-refractivity contribution in [1.82, 2.24) is 9.71 Å². The number of sulfonamides is 1. The Labute approximate surface area is 281 Å². The van der Waals surface area contributed by atoms with Crippen molar-refractivity contribution in [3.63, 3.8) is 0 Å². The van der Waals surface area contributed by atoms with Crippen LogP contribution in [-0.4, -0.2) is 48.4 Å². The van der Waals surface area contributed by atoms with Crippen LogP contribution in [0.1, 0.15) is 73.0 Å². The first-order valence-corrected chi connectivity index (χ1v) is 18.3. The first kappa shape index (κ1) is 32.0. The van der Waals surface area contributed by atoms with Crippen LogP contribution in [0.4, 0.5) is 5.69 Å². The Bertz CT molecular complexity index is 1850. The summed E-state index contributed by atoms with van der Waals surface area (Å²) in [5.74, 6) is -0.136. The molecule has 248 valence electrons. The molecular weight excluding hydrogens is 638 g/mol. The van der Waals surface area contributed by atoms with Gasteiger partial charge in [0.25, 0.3) is 5.91 Å². The average Bonchev–Trinajstić information content (AvgIpc) is 3.06. The highest BCUT2D eigenvalue weighted by Crippen LogP contribution is 2.58. The normalized spacial score (nSPS) is 30.8. The van der Waals surface area contributed by atoms with Gasteiger partial charge in [0, 0.05) is 41.0 Å². The zero-order valence-electron chi connectivity index (χ0n) is 26.6. The van der Waals surface area contributed by atoms with E-state index >= 15 is 0 Å². The molecule has 0 spiro atoms. The number of fused-ring (bicyclic) bond motifs is 4. The second kappa shape index (κ2) is 12.1. The molecule has 9 nitrogen and oxygen atoms in total. The largest absolute Gasteiger partial charge is 0.487 e. The molecule has 4 bridgehead atoms. The highest BCUT2D eigenvalue weighted by Gasteiger charge is 2.62. The fraction of sp³-hybridized carbons (Fsp3) is 0.444. The van der Waals surface area contributed by atoms with E-state index in [4.69, 9.17) is 21.1 Å². The van der Waals surface area contributed by atoms with Crippen LogP contribution < -0.4 is 19.1 Å². The van der Waals surface area contributed by atoms with Crippen molar-refractivity contribution in [3.05, 3.63) is 94.3 Å². The highest BCUT2D eigenvalue weighted by atomic mass is 35.5. The molecule has 0 saturated heterocycles. The number of amides is 1. The first-order valence-electron chi connectivity index (χ1n) is 16.4. The van der Waals surface area contributed by atoms with Gasteiger partial charge in [0.05, 0.1) is 17.5 Å². The smallest absolute Gasteiger partial charge is 0.264 e. The van der Waals surface area contributed by atoms with Crippen molar-refractivity contribution in [2.24, 2.45) is 11.8 Å². The molecule has 2 N–H and O–H groups in total. The number of halogens is 1. The lowest BCUT2D eigenvalue weighted by molar-refractivity contribution is -0.169. The summed E-state index contributed by atoms with van der Waals surface area (Å²) in [6.45, 7) is 4.80. The minimum absolute atomic E-state index is 0.218. The van der Waals surface area contributed by atoms with Crippen LogP contribution in [0.5, 0.6) is 11.5 Å². The number of carbonyl (C=O) groups is 1. The number of ether oxygens (including phenoxy) is 2. The number of benzene rings is 2.